The lowest BCUT2D eigenvalue weighted by Crippen LogP contribution is -2.48. The molecule has 0 aromatic heterocycles. The smallest absolute Gasteiger partial charge is 0.239 e. The Morgan fingerprint density at radius 1 is 1.29 bits per heavy atom. The summed E-state index contributed by atoms with van der Waals surface area (Å²) in [6.45, 7) is 8.14. The van der Waals surface area contributed by atoms with Crippen LogP contribution in [-0.4, -0.2) is 29.9 Å². The maximum Gasteiger partial charge on any atom is 0.239 e. The Bertz CT molecular complexity index is 176. The first-order chi connectivity index (χ1) is 6.45. The van der Waals surface area contributed by atoms with Crippen LogP contribution in [0.2, 0.25) is 0 Å². The van der Waals surface area contributed by atoms with Crippen LogP contribution >= 0.6 is 0 Å². The van der Waals surface area contributed by atoms with E-state index in [1.165, 1.54) is 0 Å². The van der Waals surface area contributed by atoms with E-state index in [0.29, 0.717) is 6.04 Å². The van der Waals surface area contributed by atoms with Crippen LogP contribution in [0.3, 0.4) is 0 Å². The third kappa shape index (κ3) is 3.29. The predicted molar refractivity (Wildman–Crippen MR) is 60.0 cm³/mol. The highest BCUT2D eigenvalue weighted by Gasteiger charge is 2.24. The zero-order valence-corrected chi connectivity index (χ0v) is 10.1. The first kappa shape index (κ1) is 13.4. The van der Waals surface area contributed by atoms with E-state index in [2.05, 4.69) is 13.8 Å². The molecule has 0 aromatic carbocycles. The minimum absolute atomic E-state index is 0.0636. The summed E-state index contributed by atoms with van der Waals surface area (Å²) in [6, 6.07) is -0.0344. The zero-order valence-electron chi connectivity index (χ0n) is 10.1. The van der Waals surface area contributed by atoms with Crippen LogP contribution in [0, 0.1) is 5.92 Å². The second-order valence-electron chi connectivity index (χ2n) is 4.19. The number of rotatable bonds is 5. The molecule has 0 saturated carbocycles. The van der Waals surface area contributed by atoms with Gasteiger partial charge in [-0.15, -0.1) is 0 Å². The van der Waals surface area contributed by atoms with Crippen molar-refractivity contribution in [2.75, 3.05) is 7.05 Å². The monoisotopic (exact) mass is 200 g/mol. The molecule has 2 N–H and O–H groups in total. The number of hydrogen-bond donors (Lipinski definition) is 1. The van der Waals surface area contributed by atoms with Gasteiger partial charge in [-0.25, -0.2) is 0 Å². The average molecular weight is 200 g/mol. The quantitative estimate of drug-likeness (QED) is 0.733. The highest BCUT2D eigenvalue weighted by atomic mass is 16.2. The second kappa shape index (κ2) is 6.02. The molecule has 0 bridgehead atoms. The molecule has 0 aliphatic rings. The van der Waals surface area contributed by atoms with Gasteiger partial charge in [-0.1, -0.05) is 27.7 Å². The molecular weight excluding hydrogens is 176 g/mol. The third-order valence-electron chi connectivity index (χ3n) is 2.84. The second-order valence-corrected chi connectivity index (χ2v) is 4.19. The number of carbonyl (C=O) groups is 1. The van der Waals surface area contributed by atoms with Gasteiger partial charge in [0.1, 0.15) is 0 Å². The molecule has 0 aromatic rings. The third-order valence-corrected chi connectivity index (χ3v) is 2.84. The van der Waals surface area contributed by atoms with Gasteiger partial charge in [0.2, 0.25) is 5.91 Å². The van der Waals surface area contributed by atoms with Gasteiger partial charge in [0.05, 0.1) is 6.04 Å². The Hall–Kier alpha value is -0.570. The van der Waals surface area contributed by atoms with E-state index >= 15 is 0 Å². The lowest BCUT2D eigenvalue weighted by atomic mass is 10.0. The first-order valence-electron chi connectivity index (χ1n) is 5.47. The topological polar surface area (TPSA) is 46.3 Å². The summed E-state index contributed by atoms with van der Waals surface area (Å²) in [5, 5.41) is 0. The maximum atomic E-state index is 11.8. The van der Waals surface area contributed by atoms with Crippen LogP contribution < -0.4 is 5.73 Å². The fourth-order valence-corrected chi connectivity index (χ4v) is 1.54. The molecule has 0 saturated heterocycles. The van der Waals surface area contributed by atoms with Gasteiger partial charge in [-0.3, -0.25) is 4.79 Å². The lowest BCUT2D eigenvalue weighted by Gasteiger charge is -2.30. The highest BCUT2D eigenvalue weighted by Crippen LogP contribution is 2.10. The molecule has 14 heavy (non-hydrogen) atoms. The van der Waals surface area contributed by atoms with Crippen LogP contribution in [0.4, 0.5) is 0 Å². The van der Waals surface area contributed by atoms with Crippen molar-refractivity contribution >= 4 is 5.91 Å². The van der Waals surface area contributed by atoms with Gasteiger partial charge in [-0.2, -0.15) is 0 Å². The molecule has 0 unspecified atom stereocenters. The van der Waals surface area contributed by atoms with Crippen LogP contribution in [0.1, 0.15) is 40.5 Å². The van der Waals surface area contributed by atoms with E-state index in [4.69, 9.17) is 5.73 Å². The molecule has 1 atom stereocenters. The molecule has 0 heterocycles. The average Bonchev–Trinajstić information content (AvgIpc) is 2.17. The Kier molecular flexibility index (Phi) is 5.77. The predicted octanol–water partition coefficient (Wildman–Crippen LogP) is 1.62. The summed E-state index contributed by atoms with van der Waals surface area (Å²) in [4.78, 5) is 13.6. The normalized spacial score (nSPS) is 13.4. The van der Waals surface area contributed by atoms with Crippen LogP contribution in [-0.2, 0) is 4.79 Å². The summed E-state index contributed by atoms with van der Waals surface area (Å²) in [5.74, 6) is 0.271. The Morgan fingerprint density at radius 3 is 2.00 bits per heavy atom. The molecule has 3 nitrogen and oxygen atoms in total. The summed E-state index contributed by atoms with van der Waals surface area (Å²) >= 11 is 0. The van der Waals surface area contributed by atoms with Gasteiger partial charge in [0, 0.05) is 13.1 Å². The van der Waals surface area contributed by atoms with E-state index in [1.807, 2.05) is 20.9 Å². The van der Waals surface area contributed by atoms with Crippen molar-refractivity contribution in [3.05, 3.63) is 0 Å². The molecule has 3 heteroatoms. The van der Waals surface area contributed by atoms with E-state index in [-0.39, 0.29) is 17.9 Å². The van der Waals surface area contributed by atoms with Crippen LogP contribution in [0.5, 0.6) is 0 Å². The van der Waals surface area contributed by atoms with Gasteiger partial charge in [0.25, 0.3) is 0 Å². The Balaban J connectivity index is 4.36. The van der Waals surface area contributed by atoms with E-state index in [0.717, 1.165) is 12.8 Å². The molecule has 0 rings (SSSR count). The lowest BCUT2D eigenvalue weighted by molar-refractivity contribution is -0.134. The Labute approximate surface area is 87.6 Å². The molecule has 1 amide bonds. The van der Waals surface area contributed by atoms with Gasteiger partial charge < -0.3 is 10.6 Å². The number of likely N-dealkylation sites (N-methyl/N-ethyl adjacent to an activating group) is 1. The molecule has 84 valence electrons. The summed E-state index contributed by atoms with van der Waals surface area (Å²) < 4.78 is 0. The summed E-state index contributed by atoms with van der Waals surface area (Å²) in [7, 11) is 1.85. The van der Waals surface area contributed by atoms with Crippen molar-refractivity contribution in [1.82, 2.24) is 4.90 Å². The summed E-state index contributed by atoms with van der Waals surface area (Å²) in [5.41, 5.74) is 5.82. The first-order valence-corrected chi connectivity index (χ1v) is 5.47. The molecule has 0 radical (unpaired) electrons. The number of nitrogens with zero attached hydrogens (tertiary/aromatic N) is 1. The maximum absolute atomic E-state index is 11.8. The van der Waals surface area contributed by atoms with E-state index in [9.17, 15) is 4.79 Å². The standard InChI is InChI=1S/C11H24N2O/c1-6-9(7-2)13(5)11(14)10(12)8(3)4/h8-10H,6-7,12H2,1-5H3/t10-/m1/s1. The van der Waals surface area contributed by atoms with Crippen molar-refractivity contribution in [3.63, 3.8) is 0 Å². The molecule has 0 spiro atoms. The van der Waals surface area contributed by atoms with E-state index in [1.54, 1.807) is 4.90 Å². The largest absolute Gasteiger partial charge is 0.341 e. The van der Waals surface area contributed by atoms with Crippen molar-refractivity contribution < 1.29 is 4.79 Å². The fraction of sp³-hybridized carbons (Fsp3) is 0.909. The molecule has 0 aliphatic heterocycles. The number of amides is 1. The number of hydrogen-bond acceptors (Lipinski definition) is 2. The van der Waals surface area contributed by atoms with Crippen LogP contribution in [0.15, 0.2) is 0 Å². The number of nitrogens with two attached hydrogens (primary N) is 1. The Morgan fingerprint density at radius 2 is 1.71 bits per heavy atom. The highest BCUT2D eigenvalue weighted by molar-refractivity contribution is 5.81. The van der Waals surface area contributed by atoms with E-state index < -0.39 is 0 Å². The molecule has 0 aliphatic carbocycles. The molecular formula is C11H24N2O. The van der Waals surface area contributed by atoms with Crippen molar-refractivity contribution in [2.24, 2.45) is 11.7 Å². The van der Waals surface area contributed by atoms with Crippen molar-refractivity contribution in [3.8, 4) is 0 Å². The van der Waals surface area contributed by atoms with Crippen LogP contribution in [0.25, 0.3) is 0 Å². The van der Waals surface area contributed by atoms with Crippen molar-refractivity contribution in [2.45, 2.75) is 52.6 Å². The number of carbonyl (C=O) groups excluding carboxylic acids is 1. The van der Waals surface area contributed by atoms with Gasteiger partial charge in [0.15, 0.2) is 0 Å². The zero-order chi connectivity index (χ0) is 11.3. The van der Waals surface area contributed by atoms with Crippen molar-refractivity contribution in [1.29, 1.82) is 0 Å². The SMILES string of the molecule is CCC(CC)N(C)C(=O)[C@H](N)C(C)C. The fourth-order valence-electron chi connectivity index (χ4n) is 1.54. The van der Waals surface area contributed by atoms with Gasteiger partial charge >= 0.3 is 0 Å². The molecule has 0 fully saturated rings. The summed E-state index contributed by atoms with van der Waals surface area (Å²) in [6.07, 6.45) is 1.98. The minimum Gasteiger partial charge on any atom is -0.341 e. The van der Waals surface area contributed by atoms with Gasteiger partial charge in [-0.05, 0) is 18.8 Å². The minimum atomic E-state index is -0.361.